The first kappa shape index (κ1) is 25.6. The number of rotatable bonds is 7. The maximum absolute atomic E-state index is 11.7. The number of carbonyl (C=O) groups excluding carboxylic acids is 4. The van der Waals surface area contributed by atoms with Crippen LogP contribution in [0.25, 0.3) is 0 Å². The monoisotopic (exact) mass is 486 g/mol. The second kappa shape index (κ2) is 10.3. The first-order chi connectivity index (χ1) is 14.3. The fourth-order valence-corrected chi connectivity index (χ4v) is 3.64. The van der Waals surface area contributed by atoms with Crippen LogP contribution < -0.4 is 0 Å². The Morgan fingerprint density at radius 3 is 1.87 bits per heavy atom. The molecular formula is C18H24Cl2O11. The van der Waals surface area contributed by atoms with Crippen molar-refractivity contribution in [3.05, 3.63) is 0 Å². The molecule has 0 spiro atoms. The molecular weight excluding hydrogens is 463 g/mol. The average Bonchev–Trinajstić information content (AvgIpc) is 2.63. The first-order valence-electron chi connectivity index (χ1n) is 9.34. The molecule has 31 heavy (non-hydrogen) atoms. The molecule has 0 unspecified atom stereocenters. The Balaban J connectivity index is 2.38. The molecule has 0 aromatic heterocycles. The Morgan fingerprint density at radius 1 is 0.903 bits per heavy atom. The number of ether oxygens (including phenoxy) is 6. The standard InChI is InChI=1S/C18H24Cl2O11/c1-7(21)26-6-11-14(27-8(2)22)15(28-9(3)23)16(29-10(4)24)17(30-11)31-13-5-12(25)18(13,19)20/h11-17,25H,5-6H2,1-4H3/t11-,12-,13+,14-,15+,16-,17+/m1/s1. The van der Waals surface area contributed by atoms with Gasteiger partial charge in [-0.3, -0.25) is 19.2 Å². The van der Waals surface area contributed by atoms with Gasteiger partial charge in [0.25, 0.3) is 0 Å². The highest BCUT2D eigenvalue weighted by Gasteiger charge is 2.58. The van der Waals surface area contributed by atoms with E-state index in [1.807, 2.05) is 0 Å². The van der Waals surface area contributed by atoms with Crippen molar-refractivity contribution in [1.82, 2.24) is 0 Å². The van der Waals surface area contributed by atoms with Crippen molar-refractivity contribution in [2.24, 2.45) is 0 Å². The van der Waals surface area contributed by atoms with Gasteiger partial charge < -0.3 is 33.5 Å². The molecule has 11 nitrogen and oxygen atoms in total. The molecule has 0 aromatic rings. The largest absolute Gasteiger partial charge is 0.463 e. The Hall–Kier alpha value is -1.66. The number of aliphatic hydroxyl groups is 1. The minimum atomic E-state index is -1.65. The van der Waals surface area contributed by atoms with E-state index in [9.17, 15) is 24.3 Å². The van der Waals surface area contributed by atoms with Crippen LogP contribution in [0.1, 0.15) is 34.1 Å². The summed E-state index contributed by atoms with van der Waals surface area (Å²) in [5.41, 5.74) is 0. The summed E-state index contributed by atoms with van der Waals surface area (Å²) in [5, 5.41) is 9.74. The summed E-state index contributed by atoms with van der Waals surface area (Å²) in [5.74, 6) is -2.93. The highest BCUT2D eigenvalue weighted by Crippen LogP contribution is 2.46. The van der Waals surface area contributed by atoms with Gasteiger partial charge in [0.2, 0.25) is 0 Å². The molecule has 1 saturated carbocycles. The molecule has 7 atom stereocenters. The summed E-state index contributed by atoms with van der Waals surface area (Å²) in [4.78, 5) is 46.4. The van der Waals surface area contributed by atoms with Gasteiger partial charge in [0.15, 0.2) is 28.9 Å². The van der Waals surface area contributed by atoms with Gasteiger partial charge in [-0.1, -0.05) is 23.2 Å². The molecule has 2 aliphatic rings. The van der Waals surface area contributed by atoms with Crippen molar-refractivity contribution in [1.29, 1.82) is 0 Å². The highest BCUT2D eigenvalue weighted by atomic mass is 35.5. The lowest BCUT2D eigenvalue weighted by atomic mass is 9.90. The van der Waals surface area contributed by atoms with Gasteiger partial charge >= 0.3 is 23.9 Å². The molecule has 0 radical (unpaired) electrons. The molecule has 1 saturated heterocycles. The third-order valence-electron chi connectivity index (χ3n) is 4.56. The van der Waals surface area contributed by atoms with Crippen LogP contribution in [0.15, 0.2) is 0 Å². The Kier molecular flexibility index (Phi) is 8.51. The van der Waals surface area contributed by atoms with Crippen molar-refractivity contribution in [3.8, 4) is 0 Å². The highest BCUT2D eigenvalue weighted by molar-refractivity contribution is 6.50. The second-order valence-corrected chi connectivity index (χ2v) is 8.56. The lowest BCUT2D eigenvalue weighted by Crippen LogP contribution is -2.66. The summed E-state index contributed by atoms with van der Waals surface area (Å²) >= 11 is 12.1. The average molecular weight is 487 g/mol. The van der Waals surface area contributed by atoms with E-state index < -0.39 is 77.7 Å². The zero-order chi connectivity index (χ0) is 23.5. The Morgan fingerprint density at radius 2 is 1.42 bits per heavy atom. The van der Waals surface area contributed by atoms with Gasteiger partial charge in [-0.15, -0.1) is 0 Å². The van der Waals surface area contributed by atoms with E-state index in [-0.39, 0.29) is 6.42 Å². The smallest absolute Gasteiger partial charge is 0.303 e. The van der Waals surface area contributed by atoms with E-state index >= 15 is 0 Å². The van der Waals surface area contributed by atoms with E-state index in [0.717, 1.165) is 27.7 Å². The van der Waals surface area contributed by atoms with Crippen LogP contribution in [-0.4, -0.2) is 82.8 Å². The number of alkyl halides is 2. The third-order valence-corrected chi connectivity index (χ3v) is 5.55. The van der Waals surface area contributed by atoms with Gasteiger partial charge in [0, 0.05) is 34.1 Å². The maximum Gasteiger partial charge on any atom is 0.303 e. The van der Waals surface area contributed by atoms with Crippen molar-refractivity contribution in [2.75, 3.05) is 6.61 Å². The maximum atomic E-state index is 11.7. The van der Waals surface area contributed by atoms with Crippen LogP contribution in [0.4, 0.5) is 0 Å². The fourth-order valence-electron chi connectivity index (χ4n) is 3.18. The zero-order valence-electron chi connectivity index (χ0n) is 17.2. The van der Waals surface area contributed by atoms with Gasteiger partial charge in [0.05, 0.1) is 12.2 Å². The third kappa shape index (κ3) is 6.42. The molecule has 0 bridgehead atoms. The second-order valence-electron chi connectivity index (χ2n) is 7.12. The quantitative estimate of drug-likeness (QED) is 0.303. The molecule has 1 aliphatic heterocycles. The topological polar surface area (TPSA) is 144 Å². The van der Waals surface area contributed by atoms with E-state index in [2.05, 4.69) is 0 Å². The minimum Gasteiger partial charge on any atom is -0.463 e. The van der Waals surface area contributed by atoms with Crippen LogP contribution in [-0.2, 0) is 47.6 Å². The van der Waals surface area contributed by atoms with E-state index in [1.165, 1.54) is 0 Å². The fraction of sp³-hybridized carbons (Fsp3) is 0.778. The van der Waals surface area contributed by atoms with Crippen LogP contribution in [0.2, 0.25) is 0 Å². The van der Waals surface area contributed by atoms with E-state index in [4.69, 9.17) is 51.6 Å². The molecule has 0 aromatic carbocycles. The van der Waals surface area contributed by atoms with Crippen molar-refractivity contribution < 1.29 is 52.7 Å². The molecule has 176 valence electrons. The molecule has 1 heterocycles. The summed E-state index contributed by atoms with van der Waals surface area (Å²) in [6.07, 6.45) is -8.54. The predicted octanol–water partition coefficient (Wildman–Crippen LogP) is 0.393. The predicted molar refractivity (Wildman–Crippen MR) is 102 cm³/mol. The van der Waals surface area contributed by atoms with Crippen molar-refractivity contribution >= 4 is 47.1 Å². The molecule has 2 rings (SSSR count). The minimum absolute atomic E-state index is 0.0554. The first-order valence-corrected chi connectivity index (χ1v) is 10.1. The lowest BCUT2D eigenvalue weighted by Gasteiger charge is -2.49. The number of halogens is 2. The van der Waals surface area contributed by atoms with Crippen LogP contribution >= 0.6 is 23.2 Å². The van der Waals surface area contributed by atoms with E-state index in [0.29, 0.717) is 0 Å². The number of aliphatic hydroxyl groups excluding tert-OH is 1. The van der Waals surface area contributed by atoms with Crippen molar-refractivity contribution in [2.45, 2.75) is 81.4 Å². The molecule has 1 aliphatic carbocycles. The Bertz CT molecular complexity index is 713. The molecule has 0 amide bonds. The number of esters is 4. The zero-order valence-corrected chi connectivity index (χ0v) is 18.8. The number of carbonyl (C=O) groups is 4. The summed E-state index contributed by atoms with van der Waals surface area (Å²) < 4.78 is 30.6. The summed E-state index contributed by atoms with van der Waals surface area (Å²) in [6.45, 7) is 4.09. The summed E-state index contributed by atoms with van der Waals surface area (Å²) in [7, 11) is 0. The van der Waals surface area contributed by atoms with Crippen LogP contribution in [0.5, 0.6) is 0 Å². The number of hydrogen-bond acceptors (Lipinski definition) is 11. The van der Waals surface area contributed by atoms with Crippen molar-refractivity contribution in [3.63, 3.8) is 0 Å². The van der Waals surface area contributed by atoms with Crippen LogP contribution in [0, 0.1) is 0 Å². The molecule has 13 heteroatoms. The normalized spacial score (nSPS) is 34.1. The number of hydrogen-bond donors (Lipinski definition) is 1. The lowest BCUT2D eigenvalue weighted by molar-refractivity contribution is -0.325. The van der Waals surface area contributed by atoms with Gasteiger partial charge in [0.1, 0.15) is 12.7 Å². The molecule has 1 N–H and O–H groups in total. The Labute approximate surface area is 188 Å². The van der Waals surface area contributed by atoms with Gasteiger partial charge in [-0.2, -0.15) is 0 Å². The van der Waals surface area contributed by atoms with Crippen LogP contribution in [0.3, 0.4) is 0 Å². The summed E-state index contributed by atoms with van der Waals surface area (Å²) in [6, 6.07) is 0. The van der Waals surface area contributed by atoms with Gasteiger partial charge in [-0.25, -0.2) is 0 Å². The van der Waals surface area contributed by atoms with E-state index in [1.54, 1.807) is 0 Å². The van der Waals surface area contributed by atoms with Gasteiger partial charge in [-0.05, 0) is 0 Å². The SMILES string of the molecule is CC(=O)OC[C@H]1O[C@@H](O[C@H]2C[C@@H](O)C2(Cl)Cl)[C@H](OC(C)=O)[C@@H](OC(C)=O)[C@@H]1OC(C)=O. The molecule has 2 fully saturated rings.